The molecule has 2 heterocycles. The molecule has 0 aromatic heterocycles. The lowest BCUT2D eigenvalue weighted by molar-refractivity contribution is -0.124. The van der Waals surface area contributed by atoms with Crippen LogP contribution in [0, 0.1) is 0 Å². The standard InChI is InChI=1S/C30H36O6/c1-19(2)26(17-22-24(32-5)13-11-20-9-7-15-34-28(20)22)36-30(3,4)27(31)18-23-25(33-6)14-12-21-10-8-16-35-29(21)23/h7-14,26-27,31H,1,15-18H2,2-6H3. The first-order valence-electron chi connectivity index (χ1n) is 12.2. The third-order valence-electron chi connectivity index (χ3n) is 6.76. The van der Waals surface area contributed by atoms with Crippen LogP contribution < -0.4 is 18.9 Å². The van der Waals surface area contributed by atoms with Gasteiger partial charge in [0.25, 0.3) is 0 Å². The van der Waals surface area contributed by atoms with Crippen molar-refractivity contribution in [2.45, 2.75) is 51.4 Å². The fraction of sp³-hybridized carbons (Fsp3) is 0.400. The molecule has 2 aromatic carbocycles. The van der Waals surface area contributed by atoms with Gasteiger partial charge in [-0.25, -0.2) is 0 Å². The number of aliphatic hydroxyl groups excluding tert-OH is 1. The van der Waals surface area contributed by atoms with Gasteiger partial charge in [-0.05, 0) is 57.2 Å². The van der Waals surface area contributed by atoms with Gasteiger partial charge in [0.2, 0.25) is 0 Å². The summed E-state index contributed by atoms with van der Waals surface area (Å²) in [6.45, 7) is 10.9. The molecular weight excluding hydrogens is 456 g/mol. The normalized spacial score (nSPS) is 15.7. The van der Waals surface area contributed by atoms with E-state index in [0.717, 1.165) is 45.1 Å². The van der Waals surface area contributed by atoms with E-state index in [9.17, 15) is 5.11 Å². The van der Waals surface area contributed by atoms with E-state index in [4.69, 9.17) is 23.7 Å². The molecule has 2 aliphatic heterocycles. The van der Waals surface area contributed by atoms with Crippen LogP contribution in [0.5, 0.6) is 23.0 Å². The average Bonchev–Trinajstić information content (AvgIpc) is 2.88. The maximum absolute atomic E-state index is 11.4. The highest BCUT2D eigenvalue weighted by Gasteiger charge is 2.35. The fourth-order valence-corrected chi connectivity index (χ4v) is 4.63. The Morgan fingerprint density at radius 1 is 0.917 bits per heavy atom. The Labute approximate surface area is 213 Å². The van der Waals surface area contributed by atoms with Crippen LogP contribution in [0.1, 0.15) is 43.0 Å². The molecule has 0 aliphatic carbocycles. The molecule has 4 rings (SSSR count). The van der Waals surface area contributed by atoms with E-state index in [0.29, 0.717) is 31.8 Å². The van der Waals surface area contributed by atoms with Crippen LogP contribution in [0.3, 0.4) is 0 Å². The molecule has 2 atom stereocenters. The lowest BCUT2D eigenvalue weighted by Gasteiger charge is -2.36. The lowest BCUT2D eigenvalue weighted by atomic mass is 9.91. The summed E-state index contributed by atoms with van der Waals surface area (Å²) in [5, 5.41) is 11.4. The highest BCUT2D eigenvalue weighted by molar-refractivity contribution is 5.66. The van der Waals surface area contributed by atoms with Gasteiger partial charge in [-0.2, -0.15) is 0 Å². The van der Waals surface area contributed by atoms with Crippen LogP contribution in [0.4, 0.5) is 0 Å². The van der Waals surface area contributed by atoms with E-state index in [-0.39, 0.29) is 6.10 Å². The first kappa shape index (κ1) is 25.9. The molecule has 2 unspecified atom stereocenters. The molecule has 2 aromatic rings. The number of ether oxygens (including phenoxy) is 5. The van der Waals surface area contributed by atoms with Gasteiger partial charge in [-0.3, -0.25) is 0 Å². The number of fused-ring (bicyclic) bond motifs is 2. The second-order valence-corrected chi connectivity index (χ2v) is 9.74. The van der Waals surface area contributed by atoms with Gasteiger partial charge in [0.05, 0.1) is 32.0 Å². The van der Waals surface area contributed by atoms with Crippen molar-refractivity contribution in [1.82, 2.24) is 0 Å². The van der Waals surface area contributed by atoms with Gasteiger partial charge in [0.1, 0.15) is 36.2 Å². The average molecular weight is 493 g/mol. The number of methoxy groups -OCH3 is 2. The molecule has 36 heavy (non-hydrogen) atoms. The summed E-state index contributed by atoms with van der Waals surface area (Å²) in [5.41, 5.74) is 3.69. The SMILES string of the molecule is C=C(C)C(Cc1c(OC)ccc2c1OCC=C2)OC(C)(C)C(O)Cc1c(OC)ccc2c1OCC=C2. The monoisotopic (exact) mass is 492 g/mol. The third-order valence-corrected chi connectivity index (χ3v) is 6.76. The van der Waals surface area contributed by atoms with E-state index in [1.54, 1.807) is 14.2 Å². The number of rotatable bonds is 10. The molecule has 0 bridgehead atoms. The summed E-state index contributed by atoms with van der Waals surface area (Å²) in [5.74, 6) is 2.97. The van der Waals surface area contributed by atoms with Gasteiger partial charge in [-0.15, -0.1) is 0 Å². The number of aliphatic hydroxyl groups is 1. The zero-order valence-electron chi connectivity index (χ0n) is 21.8. The van der Waals surface area contributed by atoms with Crippen molar-refractivity contribution in [3.63, 3.8) is 0 Å². The topological polar surface area (TPSA) is 66.4 Å². The first-order chi connectivity index (χ1) is 17.2. The quantitative estimate of drug-likeness (QED) is 0.448. The molecule has 0 fully saturated rings. The predicted molar refractivity (Wildman–Crippen MR) is 142 cm³/mol. The Bertz CT molecular complexity index is 1180. The van der Waals surface area contributed by atoms with Crippen LogP contribution in [-0.4, -0.2) is 50.3 Å². The predicted octanol–water partition coefficient (Wildman–Crippen LogP) is 5.40. The Hall–Kier alpha value is -3.22. The maximum Gasteiger partial charge on any atom is 0.133 e. The zero-order valence-corrected chi connectivity index (χ0v) is 21.8. The highest BCUT2D eigenvalue weighted by Crippen LogP contribution is 2.39. The molecule has 0 saturated heterocycles. The molecule has 2 aliphatic rings. The number of hydrogen-bond donors (Lipinski definition) is 1. The number of benzene rings is 2. The van der Waals surface area contributed by atoms with Crippen molar-refractivity contribution < 1.29 is 28.8 Å². The largest absolute Gasteiger partial charge is 0.496 e. The van der Waals surface area contributed by atoms with Crippen LogP contribution in [-0.2, 0) is 17.6 Å². The summed E-state index contributed by atoms with van der Waals surface area (Å²) in [7, 11) is 3.28. The van der Waals surface area contributed by atoms with Gasteiger partial charge >= 0.3 is 0 Å². The van der Waals surface area contributed by atoms with Crippen molar-refractivity contribution in [3.8, 4) is 23.0 Å². The van der Waals surface area contributed by atoms with Gasteiger partial charge in [-0.1, -0.05) is 24.3 Å². The van der Waals surface area contributed by atoms with Crippen LogP contribution in [0.15, 0.2) is 48.6 Å². The molecule has 1 N–H and O–H groups in total. The summed E-state index contributed by atoms with van der Waals surface area (Å²) >= 11 is 0. The van der Waals surface area contributed by atoms with E-state index < -0.39 is 11.7 Å². The first-order valence-corrected chi connectivity index (χ1v) is 12.2. The second kappa shape index (κ2) is 10.8. The minimum atomic E-state index is -0.898. The van der Waals surface area contributed by atoms with Crippen molar-refractivity contribution in [3.05, 3.63) is 70.8 Å². The fourth-order valence-electron chi connectivity index (χ4n) is 4.63. The Balaban J connectivity index is 1.58. The maximum atomic E-state index is 11.4. The third kappa shape index (κ3) is 5.30. The Morgan fingerprint density at radius 2 is 1.42 bits per heavy atom. The molecular formula is C30H36O6. The molecule has 6 nitrogen and oxygen atoms in total. The second-order valence-electron chi connectivity index (χ2n) is 9.74. The van der Waals surface area contributed by atoms with Crippen molar-refractivity contribution >= 4 is 12.2 Å². The highest BCUT2D eigenvalue weighted by atomic mass is 16.5. The van der Waals surface area contributed by atoms with E-state index in [2.05, 4.69) is 12.7 Å². The summed E-state index contributed by atoms with van der Waals surface area (Å²) in [6, 6.07) is 7.80. The lowest BCUT2D eigenvalue weighted by Crippen LogP contribution is -2.44. The zero-order chi connectivity index (χ0) is 25.9. The van der Waals surface area contributed by atoms with Crippen molar-refractivity contribution in [1.29, 1.82) is 0 Å². The molecule has 0 saturated carbocycles. The summed E-state index contributed by atoms with van der Waals surface area (Å²) in [6.07, 6.45) is 7.65. The van der Waals surface area contributed by atoms with E-state index in [1.165, 1.54) is 0 Å². The molecule has 0 spiro atoms. The Kier molecular flexibility index (Phi) is 7.76. The van der Waals surface area contributed by atoms with E-state index in [1.807, 2.05) is 63.3 Å². The number of hydrogen-bond acceptors (Lipinski definition) is 6. The van der Waals surface area contributed by atoms with E-state index >= 15 is 0 Å². The minimum absolute atomic E-state index is 0.314. The molecule has 6 heteroatoms. The van der Waals surface area contributed by atoms with Crippen molar-refractivity contribution in [2.24, 2.45) is 0 Å². The summed E-state index contributed by atoms with van der Waals surface area (Å²) in [4.78, 5) is 0. The van der Waals surface area contributed by atoms with Crippen LogP contribution in [0.2, 0.25) is 0 Å². The van der Waals surface area contributed by atoms with Crippen LogP contribution in [0.25, 0.3) is 12.2 Å². The van der Waals surface area contributed by atoms with Crippen LogP contribution >= 0.6 is 0 Å². The molecule has 0 radical (unpaired) electrons. The summed E-state index contributed by atoms with van der Waals surface area (Å²) < 4.78 is 29.7. The molecule has 0 amide bonds. The van der Waals surface area contributed by atoms with Gasteiger partial charge < -0.3 is 28.8 Å². The smallest absolute Gasteiger partial charge is 0.133 e. The van der Waals surface area contributed by atoms with Gasteiger partial charge in [0.15, 0.2) is 0 Å². The van der Waals surface area contributed by atoms with Crippen molar-refractivity contribution in [2.75, 3.05) is 27.4 Å². The molecule has 192 valence electrons. The Morgan fingerprint density at radius 3 is 1.89 bits per heavy atom. The minimum Gasteiger partial charge on any atom is -0.496 e. The van der Waals surface area contributed by atoms with Gasteiger partial charge in [0, 0.05) is 35.1 Å².